The smallest absolute Gasteiger partial charge is 0.306 e. The first-order valence-corrected chi connectivity index (χ1v) is 11.8. The van der Waals surface area contributed by atoms with Crippen molar-refractivity contribution in [3.8, 4) is 0 Å². The van der Waals surface area contributed by atoms with Crippen LogP contribution in [0.4, 0.5) is 0 Å². The van der Waals surface area contributed by atoms with Crippen molar-refractivity contribution in [2.45, 2.75) is 67.8 Å². The zero-order valence-corrected chi connectivity index (χ0v) is 19.5. The molecule has 34 heavy (non-hydrogen) atoms. The maximum atomic E-state index is 11.1. The maximum Gasteiger partial charge on any atom is 0.306 e. The van der Waals surface area contributed by atoms with Gasteiger partial charge in [0.1, 0.15) is 48.8 Å². The molecule has 0 aliphatic carbocycles. The van der Waals surface area contributed by atoms with Crippen molar-refractivity contribution in [2.24, 2.45) is 0 Å². The average Bonchev–Trinajstić information content (AvgIpc) is 2.83. The molecule has 0 radical (unpaired) electrons. The standard InChI is InChI=1S/C20H34O13S/c1-9(8-34-4-3-12(23)29-2)7-30-19-17(28)15(26)18(11(6-22)32-19)33-20-16(27)14(25)13(24)10(5-21)31-20/h10-11,13-22,24-28H,1,3-8H2,2H3/t10-,11-,13+,14+,15-,16-,17-,18+,19-,20-/m1/s1. The maximum absolute atomic E-state index is 11.1. The van der Waals surface area contributed by atoms with Gasteiger partial charge in [-0.1, -0.05) is 6.58 Å². The third-order valence-corrected chi connectivity index (χ3v) is 6.50. The van der Waals surface area contributed by atoms with Crippen LogP contribution >= 0.6 is 11.8 Å². The number of hydrogen-bond donors (Lipinski definition) is 7. The molecule has 0 aromatic rings. The van der Waals surface area contributed by atoms with Crippen LogP contribution in [0.2, 0.25) is 0 Å². The number of hydrogen-bond acceptors (Lipinski definition) is 14. The minimum atomic E-state index is -1.74. The lowest BCUT2D eigenvalue weighted by molar-refractivity contribution is -0.358. The van der Waals surface area contributed by atoms with E-state index < -0.39 is 74.6 Å². The predicted molar refractivity (Wildman–Crippen MR) is 115 cm³/mol. The number of methoxy groups -OCH3 is 1. The molecule has 0 amide bonds. The van der Waals surface area contributed by atoms with Gasteiger partial charge in [0, 0.05) is 11.5 Å². The van der Waals surface area contributed by atoms with Gasteiger partial charge in [0.2, 0.25) is 0 Å². The van der Waals surface area contributed by atoms with Gasteiger partial charge in [0.15, 0.2) is 12.6 Å². The zero-order chi connectivity index (χ0) is 25.4. The predicted octanol–water partition coefficient (Wildman–Crippen LogP) is -3.52. The highest BCUT2D eigenvalue weighted by Gasteiger charge is 2.50. The Morgan fingerprint density at radius 3 is 2.15 bits per heavy atom. The van der Waals surface area contributed by atoms with E-state index in [1.165, 1.54) is 18.9 Å². The number of thioether (sulfide) groups is 1. The molecule has 2 saturated heterocycles. The second kappa shape index (κ2) is 14.0. The summed E-state index contributed by atoms with van der Waals surface area (Å²) in [5.74, 6) is 0.670. The molecule has 198 valence electrons. The van der Waals surface area contributed by atoms with E-state index in [9.17, 15) is 40.5 Å². The van der Waals surface area contributed by atoms with E-state index >= 15 is 0 Å². The lowest BCUT2D eigenvalue weighted by atomic mass is 9.97. The van der Waals surface area contributed by atoms with Crippen LogP contribution in [-0.2, 0) is 28.5 Å². The Balaban J connectivity index is 1.90. The fraction of sp³-hybridized carbons (Fsp3) is 0.850. The van der Waals surface area contributed by atoms with Crippen LogP contribution in [0.25, 0.3) is 0 Å². The number of carbonyl (C=O) groups excluding carboxylic acids is 1. The summed E-state index contributed by atoms with van der Waals surface area (Å²) in [4.78, 5) is 11.1. The minimum absolute atomic E-state index is 0.0317. The quantitative estimate of drug-likeness (QED) is 0.0766. The van der Waals surface area contributed by atoms with Crippen molar-refractivity contribution >= 4 is 17.7 Å². The molecular weight excluding hydrogens is 480 g/mol. The molecule has 13 nitrogen and oxygen atoms in total. The number of esters is 1. The molecule has 2 fully saturated rings. The molecule has 2 aliphatic rings. The molecule has 0 spiro atoms. The molecular formula is C20H34O13S. The summed E-state index contributed by atoms with van der Waals surface area (Å²) >= 11 is 1.43. The van der Waals surface area contributed by atoms with Gasteiger partial charge in [-0.05, 0) is 5.57 Å². The second-order valence-corrected chi connectivity index (χ2v) is 9.05. The van der Waals surface area contributed by atoms with Crippen molar-refractivity contribution in [2.75, 3.05) is 38.4 Å². The molecule has 14 heteroatoms. The zero-order valence-electron chi connectivity index (χ0n) is 18.7. The number of aliphatic hydroxyl groups is 7. The van der Waals surface area contributed by atoms with E-state index in [4.69, 9.17) is 18.9 Å². The summed E-state index contributed by atoms with van der Waals surface area (Å²) in [6, 6.07) is 0. The van der Waals surface area contributed by atoms with E-state index in [0.29, 0.717) is 17.1 Å². The van der Waals surface area contributed by atoms with E-state index in [0.717, 1.165) is 0 Å². The first-order chi connectivity index (χ1) is 16.1. The molecule has 2 heterocycles. The van der Waals surface area contributed by atoms with Crippen LogP contribution in [0.15, 0.2) is 12.2 Å². The van der Waals surface area contributed by atoms with Gasteiger partial charge in [-0.2, -0.15) is 11.8 Å². The van der Waals surface area contributed by atoms with Gasteiger partial charge < -0.3 is 59.4 Å². The van der Waals surface area contributed by atoms with Gasteiger partial charge in [-0.3, -0.25) is 4.79 Å². The molecule has 2 aliphatic heterocycles. The highest BCUT2D eigenvalue weighted by atomic mass is 32.2. The number of rotatable bonds is 12. The first kappa shape index (κ1) is 29.4. The highest BCUT2D eigenvalue weighted by Crippen LogP contribution is 2.29. The van der Waals surface area contributed by atoms with Crippen molar-refractivity contribution < 1.29 is 64.2 Å². The van der Waals surface area contributed by atoms with Crippen molar-refractivity contribution in [1.82, 2.24) is 0 Å². The Morgan fingerprint density at radius 2 is 1.53 bits per heavy atom. The molecule has 2 rings (SSSR count). The summed E-state index contributed by atoms with van der Waals surface area (Å²) < 4.78 is 26.3. The number of aliphatic hydroxyl groups excluding tert-OH is 7. The summed E-state index contributed by atoms with van der Waals surface area (Å²) in [7, 11) is 1.31. The summed E-state index contributed by atoms with van der Waals surface area (Å²) in [5, 5.41) is 69.9. The molecule has 7 N–H and O–H groups in total. The lowest BCUT2D eigenvalue weighted by Gasteiger charge is -2.45. The molecule has 0 aromatic carbocycles. The molecule has 0 saturated carbocycles. The molecule has 10 atom stereocenters. The SMILES string of the molecule is C=C(CO[C@@H]1O[C@H](CO)[C@H](O[C@H]2O[C@H](CO)[C@H](O)[C@H](O)[C@H]2O)[C@H](O)[C@H]1O)CSCCC(=O)OC. The largest absolute Gasteiger partial charge is 0.469 e. The minimum Gasteiger partial charge on any atom is -0.469 e. The fourth-order valence-corrected chi connectivity index (χ4v) is 4.24. The molecule has 0 aromatic heterocycles. The van der Waals surface area contributed by atoms with Crippen LogP contribution in [0.1, 0.15) is 6.42 Å². The fourth-order valence-electron chi connectivity index (χ4n) is 3.41. The summed E-state index contributed by atoms with van der Waals surface area (Å²) in [6.45, 7) is 2.48. The lowest BCUT2D eigenvalue weighted by Crippen LogP contribution is -2.64. The highest BCUT2D eigenvalue weighted by molar-refractivity contribution is 7.99. The third kappa shape index (κ3) is 7.56. The first-order valence-electron chi connectivity index (χ1n) is 10.7. The van der Waals surface area contributed by atoms with Crippen LogP contribution < -0.4 is 0 Å². The Bertz CT molecular complexity index is 648. The average molecular weight is 515 g/mol. The molecule has 0 bridgehead atoms. The normalized spacial score (nSPS) is 38.5. The van der Waals surface area contributed by atoms with Gasteiger partial charge in [0.05, 0.1) is 33.4 Å². The van der Waals surface area contributed by atoms with Crippen LogP contribution in [0.5, 0.6) is 0 Å². The van der Waals surface area contributed by atoms with E-state index in [1.54, 1.807) is 0 Å². The van der Waals surface area contributed by atoms with Crippen molar-refractivity contribution in [3.05, 3.63) is 12.2 Å². The van der Waals surface area contributed by atoms with E-state index in [2.05, 4.69) is 11.3 Å². The Labute approximate surface area is 200 Å². The van der Waals surface area contributed by atoms with Crippen LogP contribution in [0.3, 0.4) is 0 Å². The van der Waals surface area contributed by atoms with Crippen molar-refractivity contribution in [1.29, 1.82) is 0 Å². The van der Waals surface area contributed by atoms with Gasteiger partial charge in [-0.15, -0.1) is 0 Å². The summed E-state index contributed by atoms with van der Waals surface area (Å²) in [6.07, 6.45) is -14.8. The van der Waals surface area contributed by atoms with Crippen LogP contribution in [-0.4, -0.2) is 142 Å². The number of ether oxygens (including phenoxy) is 5. The van der Waals surface area contributed by atoms with Gasteiger partial charge >= 0.3 is 5.97 Å². The number of carbonyl (C=O) groups is 1. The van der Waals surface area contributed by atoms with Gasteiger partial charge in [0.25, 0.3) is 0 Å². The monoisotopic (exact) mass is 514 g/mol. The summed E-state index contributed by atoms with van der Waals surface area (Å²) in [5.41, 5.74) is 0.625. The van der Waals surface area contributed by atoms with E-state index in [1.807, 2.05) is 0 Å². The Morgan fingerprint density at radius 1 is 0.912 bits per heavy atom. The van der Waals surface area contributed by atoms with Gasteiger partial charge in [-0.25, -0.2) is 0 Å². The third-order valence-electron chi connectivity index (χ3n) is 5.40. The second-order valence-electron chi connectivity index (χ2n) is 7.94. The van der Waals surface area contributed by atoms with Crippen molar-refractivity contribution in [3.63, 3.8) is 0 Å². The Kier molecular flexibility index (Phi) is 12.1. The topological polar surface area (TPSA) is 205 Å². The van der Waals surface area contributed by atoms with Crippen LogP contribution in [0, 0.1) is 0 Å². The Hall–Kier alpha value is -0.880. The molecule has 0 unspecified atom stereocenters. The van der Waals surface area contributed by atoms with E-state index in [-0.39, 0.29) is 19.0 Å².